The van der Waals surface area contributed by atoms with Crippen molar-refractivity contribution in [1.82, 2.24) is 9.55 Å². The number of halogens is 4. The Hall–Kier alpha value is -2.75. The summed E-state index contributed by atoms with van der Waals surface area (Å²) in [6.45, 7) is 1.17. The molecule has 0 spiro atoms. The highest BCUT2D eigenvalue weighted by Crippen LogP contribution is 2.32. The Bertz CT molecular complexity index is 1010. The molecule has 0 radical (unpaired) electrons. The summed E-state index contributed by atoms with van der Waals surface area (Å²) in [5.41, 5.74) is 0.919. The summed E-state index contributed by atoms with van der Waals surface area (Å²) in [4.78, 5) is 4.06. The molecule has 0 N–H and O–H groups in total. The fraction of sp³-hybridized carbons (Fsp3) is 0.375. The number of imidazole rings is 1. The highest BCUT2D eigenvalue weighted by atomic mass is 19.4. The van der Waals surface area contributed by atoms with E-state index in [1.807, 2.05) is 10.8 Å². The first-order valence-electron chi connectivity index (χ1n) is 10.6. The van der Waals surface area contributed by atoms with E-state index in [4.69, 9.17) is 14.2 Å². The van der Waals surface area contributed by atoms with Crippen LogP contribution in [0.25, 0.3) is 0 Å². The molecule has 1 aliphatic heterocycles. The van der Waals surface area contributed by atoms with Crippen molar-refractivity contribution in [3.05, 3.63) is 89.8 Å². The van der Waals surface area contributed by atoms with E-state index in [-0.39, 0.29) is 25.1 Å². The van der Waals surface area contributed by atoms with Crippen LogP contribution in [0.3, 0.4) is 0 Å². The minimum Gasteiger partial charge on any atom is -0.374 e. The van der Waals surface area contributed by atoms with Crippen LogP contribution in [0.5, 0.6) is 0 Å². The molecule has 0 amide bonds. The molecule has 3 aromatic rings. The second kappa shape index (κ2) is 10.0. The minimum absolute atomic E-state index is 0.169. The van der Waals surface area contributed by atoms with Crippen LogP contribution in [0.1, 0.15) is 23.1 Å². The molecule has 5 nitrogen and oxygen atoms in total. The highest BCUT2D eigenvalue weighted by molar-refractivity contribution is 5.24. The molecule has 0 aliphatic carbocycles. The van der Waals surface area contributed by atoms with E-state index in [9.17, 15) is 17.6 Å². The van der Waals surface area contributed by atoms with Gasteiger partial charge < -0.3 is 18.8 Å². The number of nitrogens with zero attached hydrogens (tertiary/aromatic N) is 2. The summed E-state index contributed by atoms with van der Waals surface area (Å²) in [6, 6.07) is 11.2. The molecule has 2 unspecified atom stereocenters. The number of aromatic nitrogens is 2. The van der Waals surface area contributed by atoms with Crippen molar-refractivity contribution in [2.24, 2.45) is 0 Å². The molecule has 0 bridgehead atoms. The average molecular weight is 464 g/mol. The lowest BCUT2D eigenvalue weighted by atomic mass is 10.0. The summed E-state index contributed by atoms with van der Waals surface area (Å²) >= 11 is 0. The van der Waals surface area contributed by atoms with E-state index in [0.717, 1.165) is 17.7 Å². The molecule has 4 rings (SSSR count). The Morgan fingerprint density at radius 1 is 1.06 bits per heavy atom. The fourth-order valence-electron chi connectivity index (χ4n) is 3.73. The zero-order valence-electron chi connectivity index (χ0n) is 17.8. The SMILES string of the molecule is Fc1ccc(CCC2(Cn3ccnc3)OCC(COCc3ccc(C(F)(F)F)cc3)O2)cc1. The molecule has 1 aliphatic rings. The largest absolute Gasteiger partial charge is 0.416 e. The van der Waals surface area contributed by atoms with Crippen LogP contribution in [-0.4, -0.2) is 34.7 Å². The first-order chi connectivity index (χ1) is 15.8. The van der Waals surface area contributed by atoms with Crippen LogP contribution in [0, 0.1) is 5.82 Å². The van der Waals surface area contributed by atoms with Crippen LogP contribution in [-0.2, 0) is 40.0 Å². The maximum Gasteiger partial charge on any atom is 0.416 e. The van der Waals surface area contributed by atoms with E-state index < -0.39 is 17.5 Å². The lowest BCUT2D eigenvalue weighted by Gasteiger charge is -2.28. The number of benzene rings is 2. The molecular weight excluding hydrogens is 440 g/mol. The second-order valence-electron chi connectivity index (χ2n) is 8.03. The van der Waals surface area contributed by atoms with Crippen LogP contribution >= 0.6 is 0 Å². The predicted octanol–water partition coefficient (Wildman–Crippen LogP) is 5.00. The molecule has 2 atom stereocenters. The monoisotopic (exact) mass is 464 g/mol. The average Bonchev–Trinajstić information content (AvgIpc) is 3.44. The summed E-state index contributed by atoms with van der Waals surface area (Å²) < 4.78 is 71.2. The number of alkyl halides is 3. The normalized spacial score (nSPS) is 20.9. The number of ether oxygens (including phenoxy) is 3. The van der Waals surface area contributed by atoms with Gasteiger partial charge in [-0.05, 0) is 41.8 Å². The second-order valence-corrected chi connectivity index (χ2v) is 8.03. The quantitative estimate of drug-likeness (QED) is 0.418. The Balaban J connectivity index is 1.33. The number of rotatable bonds is 9. The van der Waals surface area contributed by atoms with Crippen molar-refractivity contribution in [2.45, 2.75) is 44.1 Å². The smallest absolute Gasteiger partial charge is 0.374 e. The van der Waals surface area contributed by atoms with Gasteiger partial charge in [-0.2, -0.15) is 13.2 Å². The standard InChI is InChI=1S/C24H24F4N2O3/c25-21-7-3-18(4-8-21)9-10-23(16-30-12-11-29-17-30)32-15-22(33-23)14-31-13-19-1-5-20(6-2-19)24(26,27)28/h1-8,11-12,17,22H,9-10,13-16H2. The van der Waals surface area contributed by atoms with Crippen molar-refractivity contribution in [3.63, 3.8) is 0 Å². The molecular formula is C24H24F4N2O3. The Labute approximate surface area is 188 Å². The Kier molecular flexibility index (Phi) is 7.11. The van der Waals surface area contributed by atoms with Crippen molar-refractivity contribution in [3.8, 4) is 0 Å². The fourth-order valence-corrected chi connectivity index (χ4v) is 3.73. The minimum atomic E-state index is -4.36. The summed E-state index contributed by atoms with van der Waals surface area (Å²) in [5.74, 6) is -1.18. The zero-order chi connectivity index (χ0) is 23.3. The first kappa shape index (κ1) is 23.4. The van der Waals surface area contributed by atoms with Crippen molar-refractivity contribution in [1.29, 1.82) is 0 Å². The van der Waals surface area contributed by atoms with Gasteiger partial charge in [0.15, 0.2) is 5.79 Å². The van der Waals surface area contributed by atoms with Gasteiger partial charge in [0, 0.05) is 18.8 Å². The van der Waals surface area contributed by atoms with Crippen LogP contribution < -0.4 is 0 Å². The summed E-state index contributed by atoms with van der Waals surface area (Å²) in [7, 11) is 0. The lowest BCUT2D eigenvalue weighted by molar-refractivity contribution is -0.187. The third kappa shape index (κ3) is 6.40. The highest BCUT2D eigenvalue weighted by Gasteiger charge is 2.41. The Morgan fingerprint density at radius 2 is 1.79 bits per heavy atom. The summed E-state index contributed by atoms with van der Waals surface area (Å²) in [5, 5.41) is 0. The van der Waals surface area contributed by atoms with Gasteiger partial charge >= 0.3 is 6.18 Å². The molecule has 1 fully saturated rings. The van der Waals surface area contributed by atoms with Gasteiger partial charge in [-0.1, -0.05) is 24.3 Å². The van der Waals surface area contributed by atoms with Gasteiger partial charge in [0.05, 0.1) is 38.3 Å². The summed E-state index contributed by atoms with van der Waals surface area (Å²) in [6.07, 6.45) is 1.67. The Morgan fingerprint density at radius 3 is 2.45 bits per heavy atom. The number of aryl methyl sites for hydroxylation is 1. The molecule has 1 aromatic heterocycles. The maximum atomic E-state index is 13.2. The van der Waals surface area contributed by atoms with Gasteiger partial charge in [0.25, 0.3) is 0 Å². The van der Waals surface area contributed by atoms with Crippen molar-refractivity contribution < 1.29 is 31.8 Å². The van der Waals surface area contributed by atoms with E-state index in [1.54, 1.807) is 24.7 Å². The first-order valence-corrected chi connectivity index (χ1v) is 10.6. The predicted molar refractivity (Wildman–Crippen MR) is 112 cm³/mol. The molecule has 2 heterocycles. The van der Waals surface area contributed by atoms with E-state index >= 15 is 0 Å². The van der Waals surface area contributed by atoms with Gasteiger partial charge in [-0.15, -0.1) is 0 Å². The topological polar surface area (TPSA) is 45.5 Å². The van der Waals surface area contributed by atoms with Crippen LogP contribution in [0.15, 0.2) is 67.3 Å². The van der Waals surface area contributed by atoms with Gasteiger partial charge in [-0.25, -0.2) is 9.37 Å². The molecule has 9 heteroatoms. The van der Waals surface area contributed by atoms with E-state index in [0.29, 0.717) is 31.6 Å². The van der Waals surface area contributed by atoms with E-state index in [1.165, 1.54) is 24.3 Å². The molecule has 0 saturated carbocycles. The molecule has 176 valence electrons. The van der Waals surface area contributed by atoms with Crippen molar-refractivity contribution in [2.75, 3.05) is 13.2 Å². The van der Waals surface area contributed by atoms with E-state index in [2.05, 4.69) is 4.98 Å². The molecule has 33 heavy (non-hydrogen) atoms. The third-order valence-electron chi connectivity index (χ3n) is 5.46. The van der Waals surface area contributed by atoms with Crippen molar-refractivity contribution >= 4 is 0 Å². The van der Waals surface area contributed by atoms with Crippen LogP contribution in [0.4, 0.5) is 17.6 Å². The van der Waals surface area contributed by atoms with Gasteiger partial charge in [0.1, 0.15) is 11.9 Å². The number of hydrogen-bond acceptors (Lipinski definition) is 4. The van der Waals surface area contributed by atoms with Gasteiger partial charge in [-0.3, -0.25) is 0 Å². The third-order valence-corrected chi connectivity index (χ3v) is 5.46. The van der Waals surface area contributed by atoms with Gasteiger partial charge in [0.2, 0.25) is 0 Å². The molecule has 1 saturated heterocycles. The molecule has 2 aromatic carbocycles. The lowest BCUT2D eigenvalue weighted by Crippen LogP contribution is -2.37. The maximum absolute atomic E-state index is 13.2. The zero-order valence-corrected chi connectivity index (χ0v) is 17.8. The van der Waals surface area contributed by atoms with Crippen LogP contribution in [0.2, 0.25) is 0 Å². The number of hydrogen-bond donors (Lipinski definition) is 0.